The summed E-state index contributed by atoms with van der Waals surface area (Å²) in [4.78, 5) is 0. The van der Waals surface area contributed by atoms with Crippen LogP contribution in [0.3, 0.4) is 0 Å². The van der Waals surface area contributed by atoms with Gasteiger partial charge in [0.05, 0.1) is 6.04 Å². The van der Waals surface area contributed by atoms with E-state index in [9.17, 15) is 0 Å². The van der Waals surface area contributed by atoms with Crippen LogP contribution in [0.2, 0.25) is 0 Å². The Hall–Kier alpha value is -0.160. The van der Waals surface area contributed by atoms with E-state index >= 15 is 0 Å². The van der Waals surface area contributed by atoms with Crippen molar-refractivity contribution in [2.24, 2.45) is 5.92 Å². The van der Waals surface area contributed by atoms with Crippen LogP contribution in [0.15, 0.2) is 0 Å². The fourth-order valence-electron chi connectivity index (χ4n) is 2.38. The van der Waals surface area contributed by atoms with Crippen molar-refractivity contribution in [3.8, 4) is 0 Å². The first-order valence-electron chi connectivity index (χ1n) is 6.87. The van der Waals surface area contributed by atoms with Crippen molar-refractivity contribution in [2.75, 3.05) is 33.0 Å². The van der Waals surface area contributed by atoms with Crippen LogP contribution < -0.4 is 5.32 Å². The van der Waals surface area contributed by atoms with Crippen LogP contribution >= 0.6 is 0 Å². The van der Waals surface area contributed by atoms with Crippen molar-refractivity contribution in [3.05, 3.63) is 0 Å². The molecule has 1 unspecified atom stereocenters. The van der Waals surface area contributed by atoms with Crippen molar-refractivity contribution in [3.63, 3.8) is 0 Å². The Kier molecular flexibility index (Phi) is 7.77. The highest BCUT2D eigenvalue weighted by molar-refractivity contribution is 4.81. The van der Waals surface area contributed by atoms with Crippen LogP contribution in [0.25, 0.3) is 0 Å². The lowest BCUT2D eigenvalue weighted by Gasteiger charge is -2.35. The van der Waals surface area contributed by atoms with E-state index in [0.29, 0.717) is 19.1 Å². The van der Waals surface area contributed by atoms with Gasteiger partial charge >= 0.3 is 0 Å². The highest BCUT2D eigenvalue weighted by Crippen LogP contribution is 2.22. The average Bonchev–Trinajstić information content (AvgIpc) is 2.37. The summed E-state index contributed by atoms with van der Waals surface area (Å²) >= 11 is 0. The molecule has 102 valence electrons. The molecule has 17 heavy (non-hydrogen) atoms. The molecule has 1 fully saturated rings. The first kappa shape index (κ1) is 14.9. The molecule has 0 aromatic rings. The fourth-order valence-corrected chi connectivity index (χ4v) is 2.38. The molecule has 1 heterocycles. The number of likely N-dealkylation sites (N-methyl/N-ethyl adjacent to an activating group) is 1. The number of ether oxygens (including phenoxy) is 3. The van der Waals surface area contributed by atoms with Gasteiger partial charge in [-0.3, -0.25) is 0 Å². The summed E-state index contributed by atoms with van der Waals surface area (Å²) in [6, 6.07) is 0.281. The minimum Gasteiger partial charge on any atom is -0.381 e. The summed E-state index contributed by atoms with van der Waals surface area (Å²) < 4.78 is 16.9. The van der Waals surface area contributed by atoms with Gasteiger partial charge in [-0.05, 0) is 39.2 Å². The second-order valence-electron chi connectivity index (χ2n) is 4.31. The van der Waals surface area contributed by atoms with Gasteiger partial charge in [0, 0.05) is 26.4 Å². The Labute approximate surface area is 105 Å². The van der Waals surface area contributed by atoms with E-state index in [1.54, 1.807) is 0 Å². The van der Waals surface area contributed by atoms with Gasteiger partial charge in [0.1, 0.15) is 0 Å². The van der Waals surface area contributed by atoms with Crippen LogP contribution in [0.1, 0.15) is 33.6 Å². The van der Waals surface area contributed by atoms with Crippen LogP contribution in [-0.2, 0) is 14.2 Å². The second kappa shape index (κ2) is 8.86. The molecule has 0 aliphatic carbocycles. The van der Waals surface area contributed by atoms with Gasteiger partial charge in [-0.25, -0.2) is 0 Å². The van der Waals surface area contributed by atoms with Gasteiger partial charge < -0.3 is 19.5 Å². The van der Waals surface area contributed by atoms with Crippen LogP contribution in [0.4, 0.5) is 0 Å². The zero-order chi connectivity index (χ0) is 12.5. The molecule has 1 saturated heterocycles. The second-order valence-corrected chi connectivity index (χ2v) is 4.31. The largest absolute Gasteiger partial charge is 0.381 e. The normalized spacial score (nSPS) is 19.8. The van der Waals surface area contributed by atoms with Crippen molar-refractivity contribution in [1.82, 2.24) is 5.32 Å². The molecular formula is C13H27NO3. The number of nitrogens with one attached hydrogen (secondary N) is 1. The van der Waals surface area contributed by atoms with Gasteiger partial charge in [-0.1, -0.05) is 6.92 Å². The van der Waals surface area contributed by atoms with Crippen molar-refractivity contribution in [1.29, 1.82) is 0 Å². The lowest BCUT2D eigenvalue weighted by atomic mass is 9.91. The summed E-state index contributed by atoms with van der Waals surface area (Å²) in [6.45, 7) is 10.2. The monoisotopic (exact) mass is 245 g/mol. The molecule has 0 spiro atoms. The molecule has 0 radical (unpaired) electrons. The maximum atomic E-state index is 5.72. The van der Waals surface area contributed by atoms with Gasteiger partial charge in [0.15, 0.2) is 6.29 Å². The predicted molar refractivity (Wildman–Crippen MR) is 68.0 cm³/mol. The molecule has 1 aliphatic rings. The average molecular weight is 245 g/mol. The van der Waals surface area contributed by atoms with E-state index < -0.39 is 0 Å². The van der Waals surface area contributed by atoms with E-state index in [-0.39, 0.29) is 12.3 Å². The van der Waals surface area contributed by atoms with E-state index in [0.717, 1.165) is 32.6 Å². The predicted octanol–water partition coefficient (Wildman–Crippen LogP) is 1.79. The van der Waals surface area contributed by atoms with Crippen molar-refractivity contribution in [2.45, 2.75) is 45.9 Å². The van der Waals surface area contributed by atoms with Crippen molar-refractivity contribution < 1.29 is 14.2 Å². The topological polar surface area (TPSA) is 39.7 Å². The third kappa shape index (κ3) is 4.92. The molecule has 1 N–H and O–H groups in total. The van der Waals surface area contributed by atoms with Gasteiger partial charge in [-0.15, -0.1) is 0 Å². The molecule has 4 nitrogen and oxygen atoms in total. The zero-order valence-electron chi connectivity index (χ0n) is 11.4. The van der Waals surface area contributed by atoms with E-state index in [4.69, 9.17) is 14.2 Å². The van der Waals surface area contributed by atoms with Gasteiger partial charge in [0.2, 0.25) is 0 Å². The fraction of sp³-hybridized carbons (Fsp3) is 1.00. The van der Waals surface area contributed by atoms with Crippen molar-refractivity contribution >= 4 is 0 Å². The van der Waals surface area contributed by atoms with Crippen LogP contribution in [-0.4, -0.2) is 45.3 Å². The van der Waals surface area contributed by atoms with E-state index in [1.165, 1.54) is 0 Å². The Bertz CT molecular complexity index is 178. The highest BCUT2D eigenvalue weighted by atomic mass is 16.7. The summed E-state index contributed by atoms with van der Waals surface area (Å²) in [5, 5.41) is 3.52. The summed E-state index contributed by atoms with van der Waals surface area (Å²) in [7, 11) is 0. The smallest absolute Gasteiger partial charge is 0.172 e. The molecule has 1 rings (SSSR count). The highest BCUT2D eigenvalue weighted by Gasteiger charge is 2.31. The maximum Gasteiger partial charge on any atom is 0.172 e. The Balaban J connectivity index is 2.58. The first-order valence-corrected chi connectivity index (χ1v) is 6.87. The third-order valence-corrected chi connectivity index (χ3v) is 3.17. The van der Waals surface area contributed by atoms with Crippen LogP contribution in [0, 0.1) is 5.92 Å². The SMILES string of the molecule is CCNC(C1CCOCC1)C(OCC)OCC. The standard InChI is InChI=1S/C13H27NO3/c1-4-14-12(11-7-9-15-10-8-11)13(16-5-2)17-6-3/h11-14H,4-10H2,1-3H3. The van der Waals surface area contributed by atoms with E-state index in [1.807, 2.05) is 13.8 Å². The molecule has 0 bridgehead atoms. The summed E-state index contributed by atoms with van der Waals surface area (Å²) in [5.41, 5.74) is 0. The molecule has 4 heteroatoms. The molecule has 1 atom stereocenters. The van der Waals surface area contributed by atoms with Crippen LogP contribution in [0.5, 0.6) is 0 Å². The lowest BCUT2D eigenvalue weighted by Crippen LogP contribution is -2.49. The minimum absolute atomic E-state index is 0.131. The molecule has 0 amide bonds. The molecule has 0 aromatic heterocycles. The molecule has 0 aromatic carbocycles. The zero-order valence-corrected chi connectivity index (χ0v) is 11.4. The van der Waals surface area contributed by atoms with Gasteiger partial charge in [-0.2, -0.15) is 0 Å². The number of rotatable bonds is 8. The Morgan fingerprint density at radius 3 is 2.18 bits per heavy atom. The number of hydrogen-bond acceptors (Lipinski definition) is 4. The summed E-state index contributed by atoms with van der Waals surface area (Å²) in [6.07, 6.45) is 2.05. The minimum atomic E-state index is -0.131. The Morgan fingerprint density at radius 2 is 1.71 bits per heavy atom. The Morgan fingerprint density at radius 1 is 1.12 bits per heavy atom. The van der Waals surface area contributed by atoms with E-state index in [2.05, 4.69) is 12.2 Å². The summed E-state index contributed by atoms with van der Waals surface area (Å²) in [5.74, 6) is 0.590. The first-order chi connectivity index (χ1) is 8.33. The number of hydrogen-bond donors (Lipinski definition) is 1. The van der Waals surface area contributed by atoms with Gasteiger partial charge in [0.25, 0.3) is 0 Å². The third-order valence-electron chi connectivity index (χ3n) is 3.17. The maximum absolute atomic E-state index is 5.72. The quantitative estimate of drug-likeness (QED) is 0.662. The molecule has 1 aliphatic heterocycles. The molecule has 0 saturated carbocycles. The molecular weight excluding hydrogens is 218 g/mol. The lowest BCUT2D eigenvalue weighted by molar-refractivity contribution is -0.167.